The molecule has 0 bridgehead atoms. The summed E-state index contributed by atoms with van der Waals surface area (Å²) in [7, 11) is -4.57. The van der Waals surface area contributed by atoms with E-state index in [1.165, 1.54) is 17.8 Å². The van der Waals surface area contributed by atoms with Gasteiger partial charge in [0.1, 0.15) is 5.75 Å². The number of aryl methyl sites for hydroxylation is 1. The molecular formula is C18H20ClN2O5PS. The van der Waals surface area contributed by atoms with Crippen molar-refractivity contribution in [2.75, 3.05) is 6.61 Å². The fraction of sp³-hybridized carbons (Fsp3) is 0.278. The predicted molar refractivity (Wildman–Crippen MR) is 109 cm³/mol. The lowest BCUT2D eigenvalue weighted by Gasteiger charge is -2.24. The first kappa shape index (κ1) is 22.7. The van der Waals surface area contributed by atoms with Gasteiger partial charge < -0.3 is 20.6 Å². The molecule has 0 saturated heterocycles. The Balaban J connectivity index is 2.04. The van der Waals surface area contributed by atoms with Crippen LogP contribution in [0.2, 0.25) is 5.02 Å². The second-order valence-electron chi connectivity index (χ2n) is 6.54. The molecule has 0 unspecified atom stereocenters. The number of phenols is 1. The molecular weight excluding hydrogens is 423 g/mol. The number of hydrogen-bond donors (Lipinski definition) is 4. The Bertz CT molecular complexity index is 942. The van der Waals surface area contributed by atoms with Gasteiger partial charge in [0.25, 0.3) is 0 Å². The summed E-state index contributed by atoms with van der Waals surface area (Å²) in [5, 5.41) is 10.5. The molecule has 2 rings (SSSR count). The molecule has 2 aromatic rings. The Morgan fingerprint density at radius 2 is 2.04 bits per heavy atom. The number of benzene rings is 2. The molecule has 0 aliphatic heterocycles. The van der Waals surface area contributed by atoms with Crippen LogP contribution in [0, 0.1) is 6.57 Å². The minimum Gasteiger partial charge on any atom is -0.507 e. The van der Waals surface area contributed by atoms with Gasteiger partial charge >= 0.3 is 7.82 Å². The number of phosphoric acid groups is 1. The SMILES string of the molecule is [C-]#[N+]c1ccc(O)c(Sc2ccc(CC[C@](C)(N)COP(=O)(O)O)c(Cl)c2)c1. The van der Waals surface area contributed by atoms with Crippen LogP contribution < -0.4 is 5.73 Å². The largest absolute Gasteiger partial charge is 0.507 e. The van der Waals surface area contributed by atoms with Crippen LogP contribution in [0.15, 0.2) is 46.2 Å². The van der Waals surface area contributed by atoms with Crippen molar-refractivity contribution in [1.29, 1.82) is 0 Å². The average molecular weight is 443 g/mol. The molecule has 7 nitrogen and oxygen atoms in total. The number of aromatic hydroxyl groups is 1. The van der Waals surface area contributed by atoms with E-state index >= 15 is 0 Å². The lowest BCUT2D eigenvalue weighted by Crippen LogP contribution is -2.41. The summed E-state index contributed by atoms with van der Waals surface area (Å²) in [6.45, 7) is 8.43. The number of phenolic OH excluding ortho intramolecular Hbond substituents is 1. The van der Waals surface area contributed by atoms with Crippen molar-refractivity contribution in [3.05, 3.63) is 58.4 Å². The molecule has 5 N–H and O–H groups in total. The summed E-state index contributed by atoms with van der Waals surface area (Å²) in [5.74, 6) is 0.0848. The Morgan fingerprint density at radius 3 is 2.64 bits per heavy atom. The van der Waals surface area contributed by atoms with Gasteiger partial charge in [0.2, 0.25) is 0 Å². The van der Waals surface area contributed by atoms with Crippen molar-refractivity contribution in [3.8, 4) is 5.75 Å². The van der Waals surface area contributed by atoms with E-state index in [0.717, 1.165) is 10.5 Å². The smallest absolute Gasteiger partial charge is 0.469 e. The highest BCUT2D eigenvalue weighted by Crippen LogP contribution is 2.39. The highest BCUT2D eigenvalue weighted by Gasteiger charge is 2.24. The van der Waals surface area contributed by atoms with Gasteiger partial charge in [0.15, 0.2) is 5.69 Å². The summed E-state index contributed by atoms with van der Waals surface area (Å²) in [6, 6.07) is 10.1. The molecule has 28 heavy (non-hydrogen) atoms. The van der Waals surface area contributed by atoms with E-state index in [1.807, 2.05) is 12.1 Å². The summed E-state index contributed by atoms with van der Waals surface area (Å²) in [5.41, 5.74) is 6.37. The molecule has 0 aromatic heterocycles. The summed E-state index contributed by atoms with van der Waals surface area (Å²) in [4.78, 5) is 22.3. The standard InChI is InChI=1S/C18H20ClN2O5PS/c1-18(20,11-26-27(23,24)25)8-7-12-3-5-14(10-15(12)19)28-17-9-13(21-2)4-6-16(17)22/h3-6,9-10,22H,7-8,11,20H2,1H3,(H2,23,24,25)/t18-/m0/s1. The van der Waals surface area contributed by atoms with Crippen LogP contribution in [0.4, 0.5) is 5.69 Å². The number of nitrogens with two attached hydrogens (primary N) is 1. The molecule has 0 radical (unpaired) electrons. The minimum atomic E-state index is -4.57. The highest BCUT2D eigenvalue weighted by atomic mass is 35.5. The van der Waals surface area contributed by atoms with E-state index in [1.54, 1.807) is 25.1 Å². The van der Waals surface area contributed by atoms with E-state index in [0.29, 0.717) is 28.4 Å². The maximum atomic E-state index is 10.8. The molecule has 0 spiro atoms. The predicted octanol–water partition coefficient (Wildman–Crippen LogP) is 4.51. The van der Waals surface area contributed by atoms with Crippen LogP contribution in [0.5, 0.6) is 5.75 Å². The van der Waals surface area contributed by atoms with E-state index in [4.69, 9.17) is 33.7 Å². The molecule has 0 fully saturated rings. The van der Waals surface area contributed by atoms with Crippen LogP contribution in [0.3, 0.4) is 0 Å². The fourth-order valence-corrected chi connectivity index (χ4v) is 4.02. The number of rotatable bonds is 8. The van der Waals surface area contributed by atoms with E-state index in [9.17, 15) is 9.67 Å². The second kappa shape index (κ2) is 9.29. The summed E-state index contributed by atoms with van der Waals surface area (Å²) < 4.78 is 15.3. The van der Waals surface area contributed by atoms with Gasteiger partial charge in [-0.2, -0.15) is 0 Å². The van der Waals surface area contributed by atoms with Gasteiger partial charge in [-0.05, 0) is 49.6 Å². The number of nitrogens with zero attached hydrogens (tertiary/aromatic N) is 1. The van der Waals surface area contributed by atoms with E-state index in [2.05, 4.69) is 9.37 Å². The third-order valence-electron chi connectivity index (χ3n) is 3.85. The normalized spacial score (nSPS) is 13.7. The van der Waals surface area contributed by atoms with Gasteiger partial charge in [0.05, 0.1) is 13.2 Å². The maximum absolute atomic E-state index is 10.8. The van der Waals surface area contributed by atoms with E-state index < -0.39 is 13.4 Å². The minimum absolute atomic E-state index is 0.0848. The molecule has 0 saturated carbocycles. The fourth-order valence-electron chi connectivity index (χ4n) is 2.30. The van der Waals surface area contributed by atoms with Crippen LogP contribution >= 0.6 is 31.2 Å². The topological polar surface area (TPSA) is 117 Å². The van der Waals surface area contributed by atoms with Crippen LogP contribution in [-0.4, -0.2) is 27.0 Å². The first-order chi connectivity index (χ1) is 13.0. The van der Waals surface area contributed by atoms with Crippen LogP contribution in [0.1, 0.15) is 18.9 Å². The molecule has 2 aromatic carbocycles. The first-order valence-corrected chi connectivity index (χ1v) is 10.9. The molecule has 1 atom stereocenters. The maximum Gasteiger partial charge on any atom is 0.469 e. The molecule has 150 valence electrons. The van der Waals surface area contributed by atoms with Gasteiger partial charge in [-0.15, -0.1) is 0 Å². The van der Waals surface area contributed by atoms with Crippen LogP contribution in [-0.2, 0) is 15.5 Å². The molecule has 0 heterocycles. The van der Waals surface area contributed by atoms with Crippen molar-refractivity contribution in [2.45, 2.75) is 35.1 Å². The van der Waals surface area contributed by atoms with Gasteiger partial charge in [-0.1, -0.05) is 35.5 Å². The third kappa shape index (κ3) is 7.12. The monoisotopic (exact) mass is 442 g/mol. The second-order valence-corrected chi connectivity index (χ2v) is 9.30. The molecule has 0 amide bonds. The van der Waals surface area contributed by atoms with Crippen molar-refractivity contribution < 1.29 is 24.0 Å². The summed E-state index contributed by atoms with van der Waals surface area (Å²) >= 11 is 7.64. The lowest BCUT2D eigenvalue weighted by atomic mass is 9.95. The lowest BCUT2D eigenvalue weighted by molar-refractivity contribution is 0.154. The Morgan fingerprint density at radius 1 is 1.32 bits per heavy atom. The Hall–Kier alpha value is -1.56. The Kier molecular flexibility index (Phi) is 7.54. The molecule has 10 heteroatoms. The van der Waals surface area contributed by atoms with Crippen molar-refractivity contribution in [1.82, 2.24) is 0 Å². The zero-order valence-corrected chi connectivity index (χ0v) is 17.5. The average Bonchev–Trinajstić information content (AvgIpc) is 2.61. The third-order valence-corrected chi connectivity index (χ3v) is 5.71. The highest BCUT2D eigenvalue weighted by molar-refractivity contribution is 7.99. The number of hydrogen-bond acceptors (Lipinski definition) is 5. The van der Waals surface area contributed by atoms with E-state index in [-0.39, 0.29) is 12.4 Å². The quantitative estimate of drug-likeness (QED) is 0.351. The summed E-state index contributed by atoms with van der Waals surface area (Å²) in [6.07, 6.45) is 0.910. The molecule has 0 aliphatic carbocycles. The van der Waals surface area contributed by atoms with Gasteiger partial charge in [0, 0.05) is 20.4 Å². The van der Waals surface area contributed by atoms with Gasteiger partial charge in [-0.25, -0.2) is 9.41 Å². The zero-order chi connectivity index (χ0) is 20.9. The van der Waals surface area contributed by atoms with Crippen molar-refractivity contribution >= 4 is 36.9 Å². The Labute approximate surface area is 172 Å². The number of halogens is 1. The van der Waals surface area contributed by atoms with Crippen molar-refractivity contribution in [3.63, 3.8) is 0 Å². The van der Waals surface area contributed by atoms with Crippen molar-refractivity contribution in [2.24, 2.45) is 5.73 Å². The number of phosphoric ester groups is 1. The molecule has 0 aliphatic rings. The van der Waals surface area contributed by atoms with Gasteiger partial charge in [-0.3, -0.25) is 4.52 Å². The zero-order valence-electron chi connectivity index (χ0n) is 15.0. The van der Waals surface area contributed by atoms with Crippen LogP contribution in [0.25, 0.3) is 4.85 Å². The first-order valence-electron chi connectivity index (χ1n) is 8.15.